The molecule has 0 spiro atoms. The molecule has 24 heavy (non-hydrogen) atoms. The summed E-state index contributed by atoms with van der Waals surface area (Å²) in [7, 11) is 0. The van der Waals surface area contributed by atoms with E-state index in [0.717, 1.165) is 27.4 Å². The minimum Gasteiger partial charge on any atom is -0.416 e. The molecule has 1 aromatic carbocycles. The van der Waals surface area contributed by atoms with Crippen LogP contribution in [0.25, 0.3) is 0 Å². The Morgan fingerprint density at radius 3 is 2.83 bits per heavy atom. The maximum atomic E-state index is 12.4. The predicted octanol–water partition coefficient (Wildman–Crippen LogP) is 4.02. The third-order valence-corrected chi connectivity index (χ3v) is 5.11. The van der Waals surface area contributed by atoms with Crippen LogP contribution >= 0.6 is 23.1 Å². The van der Waals surface area contributed by atoms with Crippen molar-refractivity contribution >= 4 is 28.9 Å². The van der Waals surface area contributed by atoms with Gasteiger partial charge < -0.3 is 4.42 Å². The number of hydrogen-bond acceptors (Lipinski definition) is 7. The molecule has 0 aliphatic heterocycles. The molecular weight excluding hydrogens is 342 g/mol. The van der Waals surface area contributed by atoms with E-state index in [2.05, 4.69) is 15.2 Å². The lowest BCUT2D eigenvalue weighted by molar-refractivity contribution is 0.102. The maximum absolute atomic E-state index is 12.4. The summed E-state index contributed by atoms with van der Waals surface area (Å²) in [5.41, 5.74) is 3.73. The minimum absolute atomic E-state index is 0.0658. The first-order valence-electron chi connectivity index (χ1n) is 7.48. The summed E-state index contributed by atoms with van der Waals surface area (Å²) >= 11 is 2.86. The molecule has 0 saturated carbocycles. The molecule has 0 atom stereocenters. The second-order valence-electron chi connectivity index (χ2n) is 5.53. The van der Waals surface area contributed by atoms with Gasteiger partial charge in [-0.2, -0.15) is 0 Å². The topological polar surface area (TPSA) is 68.9 Å². The number of aryl methyl sites for hydroxylation is 3. The van der Waals surface area contributed by atoms with E-state index in [4.69, 9.17) is 4.42 Å². The van der Waals surface area contributed by atoms with Crippen molar-refractivity contribution in [2.75, 3.05) is 5.75 Å². The number of aromatic nitrogens is 3. The van der Waals surface area contributed by atoms with Crippen molar-refractivity contribution < 1.29 is 9.21 Å². The van der Waals surface area contributed by atoms with E-state index in [1.54, 1.807) is 11.3 Å². The van der Waals surface area contributed by atoms with Crippen LogP contribution in [-0.4, -0.2) is 26.7 Å². The Kier molecular flexibility index (Phi) is 5.11. The normalized spacial score (nSPS) is 11.0. The van der Waals surface area contributed by atoms with Crippen molar-refractivity contribution in [1.82, 2.24) is 15.2 Å². The van der Waals surface area contributed by atoms with Crippen LogP contribution in [0.5, 0.6) is 0 Å². The van der Waals surface area contributed by atoms with Crippen molar-refractivity contribution in [1.29, 1.82) is 0 Å². The number of ketones is 1. The van der Waals surface area contributed by atoms with Crippen molar-refractivity contribution in [3.63, 3.8) is 0 Å². The van der Waals surface area contributed by atoms with Crippen LogP contribution in [0.15, 0.2) is 33.2 Å². The van der Waals surface area contributed by atoms with Crippen LogP contribution in [0.1, 0.15) is 38.1 Å². The molecule has 0 amide bonds. The Hall–Kier alpha value is -1.99. The SMILES string of the molecule is Cc1ccc(C)c(C(=O)CSc2nnc(Cc3csc(C)n3)o2)c1. The van der Waals surface area contributed by atoms with Gasteiger partial charge in [-0.25, -0.2) is 4.98 Å². The summed E-state index contributed by atoms with van der Waals surface area (Å²) in [6.07, 6.45) is 0.517. The van der Waals surface area contributed by atoms with E-state index in [1.165, 1.54) is 11.8 Å². The average molecular weight is 359 g/mol. The molecule has 7 heteroatoms. The van der Waals surface area contributed by atoms with Gasteiger partial charge in [0.1, 0.15) is 0 Å². The van der Waals surface area contributed by atoms with Crippen LogP contribution in [0, 0.1) is 20.8 Å². The fraction of sp³-hybridized carbons (Fsp3) is 0.294. The molecule has 2 heterocycles. The Labute approximate surface area is 148 Å². The lowest BCUT2D eigenvalue weighted by atomic mass is 10.0. The summed E-state index contributed by atoms with van der Waals surface area (Å²) < 4.78 is 5.59. The molecule has 124 valence electrons. The van der Waals surface area contributed by atoms with Gasteiger partial charge in [0.25, 0.3) is 5.22 Å². The zero-order valence-corrected chi connectivity index (χ0v) is 15.3. The Morgan fingerprint density at radius 1 is 1.25 bits per heavy atom. The van der Waals surface area contributed by atoms with Gasteiger partial charge in [-0.15, -0.1) is 21.5 Å². The first kappa shape index (κ1) is 16.9. The first-order valence-corrected chi connectivity index (χ1v) is 9.34. The van der Waals surface area contributed by atoms with E-state index in [-0.39, 0.29) is 11.5 Å². The Balaban J connectivity index is 1.61. The van der Waals surface area contributed by atoms with Crippen molar-refractivity contribution in [3.05, 3.63) is 56.9 Å². The molecule has 0 N–H and O–H groups in total. The highest BCUT2D eigenvalue weighted by Gasteiger charge is 2.14. The largest absolute Gasteiger partial charge is 0.416 e. The number of nitrogens with zero attached hydrogens (tertiary/aromatic N) is 3. The molecule has 0 aliphatic rings. The fourth-order valence-corrected chi connectivity index (χ4v) is 3.53. The molecule has 0 radical (unpaired) electrons. The van der Waals surface area contributed by atoms with Crippen LogP contribution < -0.4 is 0 Å². The molecule has 3 aromatic rings. The maximum Gasteiger partial charge on any atom is 0.277 e. The third kappa shape index (κ3) is 4.10. The molecule has 0 saturated heterocycles. The fourth-order valence-electron chi connectivity index (χ4n) is 2.25. The highest BCUT2D eigenvalue weighted by molar-refractivity contribution is 7.99. The number of thiazole rings is 1. The van der Waals surface area contributed by atoms with Crippen LogP contribution in [-0.2, 0) is 6.42 Å². The van der Waals surface area contributed by atoms with E-state index in [0.29, 0.717) is 17.5 Å². The van der Waals surface area contributed by atoms with E-state index >= 15 is 0 Å². The van der Waals surface area contributed by atoms with Crippen LogP contribution in [0.4, 0.5) is 0 Å². The quantitative estimate of drug-likeness (QED) is 0.489. The summed E-state index contributed by atoms with van der Waals surface area (Å²) in [4.78, 5) is 16.7. The molecule has 3 rings (SSSR count). The van der Waals surface area contributed by atoms with Crippen molar-refractivity contribution in [3.8, 4) is 0 Å². The predicted molar refractivity (Wildman–Crippen MR) is 94.9 cm³/mol. The Morgan fingerprint density at radius 2 is 2.08 bits per heavy atom. The highest BCUT2D eigenvalue weighted by Crippen LogP contribution is 2.21. The zero-order valence-electron chi connectivity index (χ0n) is 13.7. The first-order chi connectivity index (χ1) is 11.5. The number of hydrogen-bond donors (Lipinski definition) is 0. The molecule has 2 aromatic heterocycles. The minimum atomic E-state index is 0.0658. The van der Waals surface area contributed by atoms with Gasteiger partial charge in [0.05, 0.1) is 22.9 Å². The summed E-state index contributed by atoms with van der Waals surface area (Å²) in [6.45, 7) is 5.88. The average Bonchev–Trinajstić information content (AvgIpc) is 3.17. The molecule has 0 unspecified atom stereocenters. The number of rotatable bonds is 6. The van der Waals surface area contributed by atoms with Gasteiger partial charge in [-0.1, -0.05) is 29.5 Å². The van der Waals surface area contributed by atoms with Gasteiger partial charge in [0, 0.05) is 10.9 Å². The second kappa shape index (κ2) is 7.27. The van der Waals surface area contributed by atoms with Crippen LogP contribution in [0.3, 0.4) is 0 Å². The standard InChI is InChI=1S/C17H17N3O2S2/c1-10-4-5-11(2)14(6-10)15(21)9-24-17-20-19-16(22-17)7-13-8-23-12(3)18-13/h4-6,8H,7,9H2,1-3H3. The summed E-state index contributed by atoms with van der Waals surface area (Å²) in [5.74, 6) is 0.861. The van der Waals surface area contributed by atoms with E-state index < -0.39 is 0 Å². The number of benzene rings is 1. The highest BCUT2D eigenvalue weighted by atomic mass is 32.2. The smallest absolute Gasteiger partial charge is 0.277 e. The monoisotopic (exact) mass is 359 g/mol. The molecule has 0 fully saturated rings. The number of Topliss-reactive ketones (excluding diaryl/α,β-unsaturated/α-hetero) is 1. The second-order valence-corrected chi connectivity index (χ2v) is 7.52. The van der Waals surface area contributed by atoms with E-state index in [1.807, 2.05) is 44.4 Å². The zero-order chi connectivity index (χ0) is 17.1. The number of carbonyl (C=O) groups is 1. The Bertz CT molecular complexity index is 870. The summed E-state index contributed by atoms with van der Waals surface area (Å²) in [6, 6.07) is 5.89. The molecular formula is C17H17N3O2S2. The van der Waals surface area contributed by atoms with Gasteiger partial charge in [-0.3, -0.25) is 4.79 Å². The third-order valence-electron chi connectivity index (χ3n) is 3.47. The molecule has 0 aliphatic carbocycles. The van der Waals surface area contributed by atoms with Gasteiger partial charge in [-0.05, 0) is 32.4 Å². The van der Waals surface area contributed by atoms with Crippen molar-refractivity contribution in [2.45, 2.75) is 32.4 Å². The number of thioether (sulfide) groups is 1. The van der Waals surface area contributed by atoms with Gasteiger partial charge in [0.2, 0.25) is 5.89 Å². The molecule has 5 nitrogen and oxygen atoms in total. The summed E-state index contributed by atoms with van der Waals surface area (Å²) in [5, 5.41) is 11.4. The van der Waals surface area contributed by atoms with Gasteiger partial charge >= 0.3 is 0 Å². The van der Waals surface area contributed by atoms with Crippen LogP contribution in [0.2, 0.25) is 0 Å². The number of carbonyl (C=O) groups excluding carboxylic acids is 1. The van der Waals surface area contributed by atoms with Crippen molar-refractivity contribution in [2.24, 2.45) is 0 Å². The lowest BCUT2D eigenvalue weighted by Gasteiger charge is -2.04. The van der Waals surface area contributed by atoms with Gasteiger partial charge in [0.15, 0.2) is 5.78 Å². The lowest BCUT2D eigenvalue weighted by Crippen LogP contribution is -2.05. The molecule has 0 bridgehead atoms. The van der Waals surface area contributed by atoms with E-state index in [9.17, 15) is 4.79 Å².